The molecule has 96 valence electrons. The Morgan fingerprint density at radius 3 is 2.44 bits per heavy atom. The molecule has 0 aromatic heterocycles. The third-order valence-corrected chi connectivity index (χ3v) is 5.66. The lowest BCUT2D eigenvalue weighted by atomic mass is 9.87. The van der Waals surface area contributed by atoms with Gasteiger partial charge in [0, 0.05) is 23.1 Å². The molecule has 1 rings (SSSR count). The Morgan fingerprint density at radius 1 is 1.44 bits per heavy atom. The number of hydrogen-bond donors (Lipinski definition) is 1. The van der Waals surface area contributed by atoms with Gasteiger partial charge in [-0.1, -0.05) is 27.7 Å². The molecule has 16 heavy (non-hydrogen) atoms. The van der Waals surface area contributed by atoms with Crippen LogP contribution >= 0.6 is 11.8 Å². The van der Waals surface area contributed by atoms with Crippen LogP contribution in [0.5, 0.6) is 0 Å². The number of hydrogen-bond acceptors (Lipinski definition) is 3. The lowest BCUT2D eigenvalue weighted by Crippen LogP contribution is -2.42. The third kappa shape index (κ3) is 3.64. The van der Waals surface area contributed by atoms with Crippen LogP contribution in [-0.2, 0) is 4.74 Å². The van der Waals surface area contributed by atoms with Gasteiger partial charge in [-0.2, -0.15) is 11.8 Å². The zero-order chi connectivity index (χ0) is 12.3. The van der Waals surface area contributed by atoms with Crippen molar-refractivity contribution in [2.45, 2.75) is 70.1 Å². The maximum atomic E-state index is 6.27. The monoisotopic (exact) mass is 245 g/mol. The van der Waals surface area contributed by atoms with Crippen molar-refractivity contribution in [2.24, 2.45) is 11.1 Å². The number of rotatable bonds is 4. The van der Waals surface area contributed by atoms with Crippen LogP contribution in [0, 0.1) is 5.41 Å². The van der Waals surface area contributed by atoms with Crippen LogP contribution in [-0.4, -0.2) is 29.3 Å². The highest BCUT2D eigenvalue weighted by molar-refractivity contribution is 8.00. The van der Waals surface area contributed by atoms with E-state index >= 15 is 0 Å². The van der Waals surface area contributed by atoms with E-state index in [0.717, 1.165) is 13.0 Å². The molecule has 0 aliphatic carbocycles. The molecule has 0 aromatic carbocycles. The number of ether oxygens (including phenoxy) is 1. The molecule has 0 aromatic rings. The summed E-state index contributed by atoms with van der Waals surface area (Å²) in [5.74, 6) is 0. The van der Waals surface area contributed by atoms with Gasteiger partial charge in [0.25, 0.3) is 0 Å². The minimum atomic E-state index is 0.266. The predicted molar refractivity (Wildman–Crippen MR) is 72.9 cm³/mol. The number of nitrogens with two attached hydrogens (primary N) is 1. The summed E-state index contributed by atoms with van der Waals surface area (Å²) in [4.78, 5) is 0. The molecule has 0 amide bonds. The SMILES string of the molecule is CCC(N)C(SC1CCOC1C)C(C)(C)C. The van der Waals surface area contributed by atoms with Gasteiger partial charge in [0.1, 0.15) is 0 Å². The van der Waals surface area contributed by atoms with Crippen LogP contribution in [0.4, 0.5) is 0 Å². The first-order valence-corrected chi connectivity index (χ1v) is 7.33. The molecule has 1 heterocycles. The van der Waals surface area contributed by atoms with Crippen LogP contribution in [0.15, 0.2) is 0 Å². The van der Waals surface area contributed by atoms with E-state index in [1.165, 1.54) is 6.42 Å². The molecular weight excluding hydrogens is 218 g/mol. The Bertz CT molecular complexity index is 214. The quantitative estimate of drug-likeness (QED) is 0.827. The summed E-state index contributed by atoms with van der Waals surface area (Å²) in [5.41, 5.74) is 6.53. The highest BCUT2D eigenvalue weighted by Gasteiger charge is 2.35. The molecule has 0 radical (unpaired) electrons. The molecule has 1 aliphatic rings. The van der Waals surface area contributed by atoms with E-state index in [9.17, 15) is 0 Å². The second-order valence-corrected chi connectivity index (χ2v) is 7.28. The van der Waals surface area contributed by atoms with E-state index in [1.54, 1.807) is 0 Å². The topological polar surface area (TPSA) is 35.2 Å². The van der Waals surface area contributed by atoms with Crippen molar-refractivity contribution in [3.63, 3.8) is 0 Å². The Hall–Kier alpha value is 0.270. The summed E-state index contributed by atoms with van der Waals surface area (Å²) in [6.45, 7) is 12.2. The van der Waals surface area contributed by atoms with Crippen LogP contribution in [0.3, 0.4) is 0 Å². The fraction of sp³-hybridized carbons (Fsp3) is 1.00. The van der Waals surface area contributed by atoms with Gasteiger partial charge in [0.05, 0.1) is 6.10 Å². The first kappa shape index (κ1) is 14.3. The highest BCUT2D eigenvalue weighted by Crippen LogP contribution is 2.39. The van der Waals surface area contributed by atoms with Gasteiger partial charge in [-0.15, -0.1) is 0 Å². The average Bonchev–Trinajstić information content (AvgIpc) is 2.57. The third-order valence-electron chi connectivity index (χ3n) is 3.34. The lowest BCUT2D eigenvalue weighted by molar-refractivity contribution is 0.127. The maximum absolute atomic E-state index is 6.27. The summed E-state index contributed by atoms with van der Waals surface area (Å²) in [5, 5.41) is 1.15. The van der Waals surface area contributed by atoms with Gasteiger partial charge >= 0.3 is 0 Å². The highest BCUT2D eigenvalue weighted by atomic mass is 32.2. The van der Waals surface area contributed by atoms with Crippen molar-refractivity contribution in [1.29, 1.82) is 0 Å². The van der Waals surface area contributed by atoms with Crippen LogP contribution in [0.2, 0.25) is 0 Å². The van der Waals surface area contributed by atoms with Gasteiger partial charge in [0.2, 0.25) is 0 Å². The second-order valence-electron chi connectivity index (χ2n) is 5.90. The van der Waals surface area contributed by atoms with Crippen molar-refractivity contribution < 1.29 is 4.74 Å². The lowest BCUT2D eigenvalue weighted by Gasteiger charge is -2.36. The number of thioether (sulfide) groups is 1. The Labute approximate surface area is 105 Å². The predicted octanol–water partition coefficient (Wildman–Crippen LogP) is 3.05. The largest absolute Gasteiger partial charge is 0.377 e. The smallest absolute Gasteiger partial charge is 0.0666 e. The van der Waals surface area contributed by atoms with Gasteiger partial charge in [-0.3, -0.25) is 0 Å². The van der Waals surface area contributed by atoms with E-state index in [4.69, 9.17) is 10.5 Å². The molecule has 0 bridgehead atoms. The van der Waals surface area contributed by atoms with E-state index in [-0.39, 0.29) is 11.5 Å². The zero-order valence-corrected chi connectivity index (χ0v) is 12.1. The first-order chi connectivity index (χ1) is 7.36. The van der Waals surface area contributed by atoms with Crippen molar-refractivity contribution in [1.82, 2.24) is 0 Å². The molecule has 4 atom stereocenters. The fourth-order valence-corrected chi connectivity index (χ4v) is 3.95. The van der Waals surface area contributed by atoms with E-state index in [0.29, 0.717) is 16.6 Å². The van der Waals surface area contributed by atoms with Crippen molar-refractivity contribution >= 4 is 11.8 Å². The van der Waals surface area contributed by atoms with Crippen LogP contribution in [0.25, 0.3) is 0 Å². The standard InChI is InChI=1S/C13H27NOS/c1-6-10(14)12(13(3,4)5)16-11-7-8-15-9(11)2/h9-12H,6-8,14H2,1-5H3. The summed E-state index contributed by atoms with van der Waals surface area (Å²) in [6.07, 6.45) is 2.62. The molecule has 0 saturated carbocycles. The average molecular weight is 245 g/mol. The molecule has 1 aliphatic heterocycles. The first-order valence-electron chi connectivity index (χ1n) is 6.39. The van der Waals surface area contributed by atoms with E-state index < -0.39 is 0 Å². The van der Waals surface area contributed by atoms with Gasteiger partial charge in [-0.05, 0) is 25.2 Å². The fourth-order valence-electron chi connectivity index (χ4n) is 2.24. The molecular formula is C13H27NOS. The van der Waals surface area contributed by atoms with Gasteiger partial charge < -0.3 is 10.5 Å². The maximum Gasteiger partial charge on any atom is 0.0666 e. The summed E-state index contributed by atoms with van der Waals surface area (Å²) < 4.78 is 5.63. The summed E-state index contributed by atoms with van der Waals surface area (Å²) in [7, 11) is 0. The van der Waals surface area contributed by atoms with E-state index in [1.807, 2.05) is 0 Å². The minimum absolute atomic E-state index is 0.266. The Morgan fingerprint density at radius 2 is 2.06 bits per heavy atom. The van der Waals surface area contributed by atoms with Crippen LogP contribution in [0.1, 0.15) is 47.5 Å². The zero-order valence-electron chi connectivity index (χ0n) is 11.3. The molecule has 1 fully saturated rings. The molecule has 2 N–H and O–H groups in total. The minimum Gasteiger partial charge on any atom is -0.377 e. The van der Waals surface area contributed by atoms with Crippen LogP contribution < -0.4 is 5.73 Å². The van der Waals surface area contributed by atoms with Crippen molar-refractivity contribution in [2.75, 3.05) is 6.61 Å². The summed E-state index contributed by atoms with van der Waals surface area (Å²) in [6, 6.07) is 0.290. The van der Waals surface area contributed by atoms with E-state index in [2.05, 4.69) is 46.4 Å². The Kier molecular flexibility index (Phi) is 5.14. The molecule has 1 saturated heterocycles. The Balaban J connectivity index is 2.63. The summed E-state index contributed by atoms with van der Waals surface area (Å²) >= 11 is 2.05. The molecule has 0 spiro atoms. The molecule has 2 nitrogen and oxygen atoms in total. The second kappa shape index (κ2) is 5.74. The van der Waals surface area contributed by atoms with Crippen molar-refractivity contribution in [3.8, 4) is 0 Å². The molecule has 3 heteroatoms. The van der Waals surface area contributed by atoms with Gasteiger partial charge in [0.15, 0.2) is 0 Å². The molecule has 4 unspecified atom stereocenters. The van der Waals surface area contributed by atoms with Crippen molar-refractivity contribution in [3.05, 3.63) is 0 Å². The normalized spacial score (nSPS) is 30.4. The van der Waals surface area contributed by atoms with Gasteiger partial charge in [-0.25, -0.2) is 0 Å².